The van der Waals surface area contributed by atoms with Gasteiger partial charge in [-0.1, -0.05) is 41.6 Å². The number of amides is 1. The zero-order valence-electron chi connectivity index (χ0n) is 16.3. The Morgan fingerprint density at radius 3 is 2.76 bits per heavy atom. The summed E-state index contributed by atoms with van der Waals surface area (Å²) in [5.74, 6) is 0.535. The molecule has 0 aliphatic heterocycles. The Bertz CT molecular complexity index is 1060. The van der Waals surface area contributed by atoms with Gasteiger partial charge in [-0.2, -0.15) is 0 Å². The highest BCUT2D eigenvalue weighted by Gasteiger charge is 2.18. The number of carbonyl (C=O) groups excluding carboxylic acids is 1. The molecule has 3 rings (SSSR count). The number of nitrogens with zero attached hydrogens (tertiary/aromatic N) is 3. The van der Waals surface area contributed by atoms with Gasteiger partial charge in [0.15, 0.2) is 0 Å². The van der Waals surface area contributed by atoms with Crippen molar-refractivity contribution in [2.75, 3.05) is 0 Å². The van der Waals surface area contributed by atoms with Crippen LogP contribution in [-0.4, -0.2) is 21.0 Å². The Balaban J connectivity index is 1.59. The number of aromatic nitrogens is 2. The van der Waals surface area contributed by atoms with E-state index < -0.39 is 10.8 Å². The maximum absolute atomic E-state index is 12.4. The summed E-state index contributed by atoms with van der Waals surface area (Å²) in [5.41, 5.74) is 4.04. The van der Waals surface area contributed by atoms with Crippen molar-refractivity contribution < 1.29 is 14.1 Å². The van der Waals surface area contributed by atoms with Crippen LogP contribution in [0.15, 0.2) is 46.0 Å². The van der Waals surface area contributed by atoms with E-state index in [1.807, 2.05) is 6.92 Å². The Morgan fingerprint density at radius 1 is 1.21 bits per heavy atom. The number of hydrogen-bond donors (Lipinski definition) is 1. The molecule has 1 aromatic heterocycles. The molecule has 1 heterocycles. The van der Waals surface area contributed by atoms with Crippen molar-refractivity contribution in [1.82, 2.24) is 15.5 Å². The van der Waals surface area contributed by atoms with E-state index in [1.54, 1.807) is 6.92 Å². The van der Waals surface area contributed by atoms with E-state index >= 15 is 0 Å². The highest BCUT2D eigenvalue weighted by atomic mass is 32.2. The number of nitro benzene ring substituents is 1. The van der Waals surface area contributed by atoms with Gasteiger partial charge in [-0.3, -0.25) is 14.9 Å². The number of carbonyl (C=O) groups is 1. The standard InChI is InChI=1S/C20H20N4O4S/c1-12-7-8-13(2)15(9-12)11-29-20-23-22-18(28-20)10-21-19(25)16-5-4-6-17(14(16)3)24(26)27/h4-9H,10-11H2,1-3H3,(H,21,25). The number of rotatable bonds is 7. The van der Waals surface area contributed by atoms with Crippen molar-refractivity contribution in [2.45, 2.75) is 38.3 Å². The van der Waals surface area contributed by atoms with Gasteiger partial charge in [-0.05, 0) is 38.0 Å². The Hall–Kier alpha value is -3.20. The number of benzene rings is 2. The van der Waals surface area contributed by atoms with Crippen molar-refractivity contribution in [3.8, 4) is 0 Å². The summed E-state index contributed by atoms with van der Waals surface area (Å²) in [5, 5.41) is 22.0. The number of aryl methyl sites for hydroxylation is 2. The molecule has 0 spiro atoms. The first-order chi connectivity index (χ1) is 13.8. The van der Waals surface area contributed by atoms with Crippen LogP contribution in [0.1, 0.15) is 38.5 Å². The molecule has 0 atom stereocenters. The fraction of sp³-hybridized carbons (Fsp3) is 0.250. The average molecular weight is 412 g/mol. The van der Waals surface area contributed by atoms with Crippen LogP contribution < -0.4 is 5.32 Å². The Kier molecular flexibility index (Phi) is 6.28. The van der Waals surface area contributed by atoms with Gasteiger partial charge < -0.3 is 9.73 Å². The van der Waals surface area contributed by atoms with Crippen molar-refractivity contribution in [3.63, 3.8) is 0 Å². The molecule has 0 radical (unpaired) electrons. The molecule has 1 amide bonds. The van der Waals surface area contributed by atoms with Crippen molar-refractivity contribution >= 4 is 23.4 Å². The van der Waals surface area contributed by atoms with E-state index in [9.17, 15) is 14.9 Å². The maximum Gasteiger partial charge on any atom is 0.276 e. The van der Waals surface area contributed by atoms with E-state index in [4.69, 9.17) is 4.42 Å². The predicted octanol–water partition coefficient (Wildman–Crippen LogP) is 4.13. The molecule has 0 saturated heterocycles. The molecule has 8 nitrogen and oxygen atoms in total. The summed E-state index contributed by atoms with van der Waals surface area (Å²) in [6.45, 7) is 5.68. The van der Waals surface area contributed by atoms with Crippen molar-refractivity contribution in [3.05, 3.63) is 80.2 Å². The molecule has 2 aromatic carbocycles. The lowest BCUT2D eigenvalue weighted by Gasteiger charge is -2.06. The lowest BCUT2D eigenvalue weighted by molar-refractivity contribution is -0.385. The minimum atomic E-state index is -0.510. The van der Waals surface area contributed by atoms with Crippen LogP contribution in [0.3, 0.4) is 0 Å². The third-order valence-electron chi connectivity index (χ3n) is 4.45. The molecule has 1 N–H and O–H groups in total. The molecule has 150 valence electrons. The summed E-state index contributed by atoms with van der Waals surface area (Å²) < 4.78 is 5.57. The fourth-order valence-corrected chi connectivity index (χ4v) is 3.63. The van der Waals surface area contributed by atoms with Crippen LogP contribution in [-0.2, 0) is 12.3 Å². The first kappa shape index (κ1) is 20.5. The number of nitrogens with one attached hydrogen (secondary N) is 1. The average Bonchev–Trinajstić information content (AvgIpc) is 3.14. The first-order valence-corrected chi connectivity index (χ1v) is 9.87. The normalized spacial score (nSPS) is 10.7. The zero-order valence-corrected chi connectivity index (χ0v) is 17.1. The highest BCUT2D eigenvalue weighted by molar-refractivity contribution is 7.98. The molecule has 0 bridgehead atoms. The minimum Gasteiger partial charge on any atom is -0.414 e. The smallest absolute Gasteiger partial charge is 0.276 e. The van der Waals surface area contributed by atoms with Gasteiger partial charge in [0.25, 0.3) is 16.8 Å². The number of nitro groups is 1. The third-order valence-corrected chi connectivity index (χ3v) is 5.32. The Morgan fingerprint density at radius 2 is 2.00 bits per heavy atom. The molecule has 9 heteroatoms. The lowest BCUT2D eigenvalue weighted by Crippen LogP contribution is -2.24. The minimum absolute atomic E-state index is 0.0397. The van der Waals surface area contributed by atoms with Gasteiger partial charge in [-0.25, -0.2) is 0 Å². The van der Waals surface area contributed by atoms with Crippen molar-refractivity contribution in [1.29, 1.82) is 0 Å². The van der Waals surface area contributed by atoms with Gasteiger partial charge in [0.1, 0.15) is 0 Å². The molecule has 0 saturated carbocycles. The second-order valence-corrected chi connectivity index (χ2v) is 7.50. The largest absolute Gasteiger partial charge is 0.414 e. The summed E-state index contributed by atoms with van der Waals surface area (Å²) in [6.07, 6.45) is 0. The SMILES string of the molecule is Cc1ccc(C)c(CSc2nnc(CNC(=O)c3cccc([N+](=O)[O-])c3C)o2)c1. The maximum atomic E-state index is 12.4. The number of thioether (sulfide) groups is 1. The van der Waals surface area contributed by atoms with E-state index in [2.05, 4.69) is 40.6 Å². The molecule has 3 aromatic rings. The molecular weight excluding hydrogens is 392 g/mol. The molecule has 0 aliphatic rings. The van der Waals surface area contributed by atoms with Crippen LogP contribution in [0.25, 0.3) is 0 Å². The van der Waals surface area contributed by atoms with Crippen LogP contribution in [0.4, 0.5) is 5.69 Å². The monoisotopic (exact) mass is 412 g/mol. The van der Waals surface area contributed by atoms with E-state index in [-0.39, 0.29) is 23.7 Å². The van der Waals surface area contributed by atoms with Crippen molar-refractivity contribution in [2.24, 2.45) is 0 Å². The van der Waals surface area contributed by atoms with Gasteiger partial charge in [0, 0.05) is 22.9 Å². The zero-order chi connectivity index (χ0) is 21.0. The molecule has 0 fully saturated rings. The summed E-state index contributed by atoms with van der Waals surface area (Å²) in [6, 6.07) is 10.7. The molecule has 29 heavy (non-hydrogen) atoms. The highest BCUT2D eigenvalue weighted by Crippen LogP contribution is 2.24. The first-order valence-electron chi connectivity index (χ1n) is 8.88. The summed E-state index contributed by atoms with van der Waals surface area (Å²) in [7, 11) is 0. The van der Waals surface area contributed by atoms with Crippen LogP contribution >= 0.6 is 11.8 Å². The molecular formula is C20H20N4O4S. The predicted molar refractivity (Wildman–Crippen MR) is 109 cm³/mol. The van der Waals surface area contributed by atoms with E-state index in [0.29, 0.717) is 16.5 Å². The second-order valence-electron chi connectivity index (χ2n) is 6.57. The molecule has 0 aliphatic carbocycles. The Labute approximate surface area is 171 Å². The number of hydrogen-bond acceptors (Lipinski definition) is 7. The summed E-state index contributed by atoms with van der Waals surface area (Å²) in [4.78, 5) is 22.9. The fourth-order valence-electron chi connectivity index (χ4n) is 2.78. The quantitative estimate of drug-likeness (QED) is 0.353. The van der Waals surface area contributed by atoms with Crippen LogP contribution in [0.2, 0.25) is 0 Å². The van der Waals surface area contributed by atoms with Gasteiger partial charge in [0.05, 0.1) is 11.5 Å². The van der Waals surface area contributed by atoms with E-state index in [1.165, 1.54) is 46.7 Å². The van der Waals surface area contributed by atoms with Crippen LogP contribution in [0.5, 0.6) is 0 Å². The van der Waals surface area contributed by atoms with E-state index in [0.717, 1.165) is 0 Å². The third kappa shape index (κ3) is 5.00. The topological polar surface area (TPSA) is 111 Å². The van der Waals surface area contributed by atoms with Gasteiger partial charge in [0.2, 0.25) is 5.89 Å². The van der Waals surface area contributed by atoms with Gasteiger partial charge in [-0.15, -0.1) is 10.2 Å². The lowest BCUT2D eigenvalue weighted by atomic mass is 10.1. The van der Waals surface area contributed by atoms with Crippen LogP contribution in [0, 0.1) is 30.9 Å². The molecule has 0 unspecified atom stereocenters. The van der Waals surface area contributed by atoms with Gasteiger partial charge >= 0.3 is 0 Å². The summed E-state index contributed by atoms with van der Waals surface area (Å²) >= 11 is 1.43. The second kappa shape index (κ2) is 8.87.